The standard InChI is InChI=1S/C10H10ClNO5/c11-6-1-2-7(8(13)3-6)12(4-9(14)15)5-10(16)17/h1-3,13H,4-5H2,(H,14,15)(H,16,17). The van der Waals surface area contributed by atoms with Crippen LogP contribution in [0.1, 0.15) is 0 Å². The third-order valence-electron chi connectivity index (χ3n) is 1.93. The second-order valence-electron chi connectivity index (χ2n) is 3.28. The molecule has 1 rings (SSSR count). The largest absolute Gasteiger partial charge is 0.506 e. The van der Waals surface area contributed by atoms with Crippen molar-refractivity contribution in [2.45, 2.75) is 0 Å². The highest BCUT2D eigenvalue weighted by Crippen LogP contribution is 2.29. The molecule has 0 bridgehead atoms. The molecule has 1 aromatic rings. The van der Waals surface area contributed by atoms with E-state index in [4.69, 9.17) is 21.8 Å². The van der Waals surface area contributed by atoms with Gasteiger partial charge in [-0.2, -0.15) is 0 Å². The summed E-state index contributed by atoms with van der Waals surface area (Å²) in [5.41, 5.74) is 0.110. The minimum absolute atomic E-state index is 0.110. The van der Waals surface area contributed by atoms with E-state index in [1.54, 1.807) is 0 Å². The van der Waals surface area contributed by atoms with Gasteiger partial charge in [0.05, 0.1) is 5.69 Å². The maximum Gasteiger partial charge on any atom is 0.323 e. The van der Waals surface area contributed by atoms with E-state index in [1.807, 2.05) is 0 Å². The molecule has 7 heteroatoms. The maximum atomic E-state index is 10.6. The van der Waals surface area contributed by atoms with Crippen LogP contribution in [0.4, 0.5) is 5.69 Å². The minimum Gasteiger partial charge on any atom is -0.506 e. The zero-order valence-electron chi connectivity index (χ0n) is 8.63. The zero-order valence-corrected chi connectivity index (χ0v) is 9.39. The van der Waals surface area contributed by atoms with Gasteiger partial charge in [-0.05, 0) is 12.1 Å². The van der Waals surface area contributed by atoms with Crippen LogP contribution in [-0.2, 0) is 9.59 Å². The Labute approximate surface area is 102 Å². The van der Waals surface area contributed by atoms with Crippen molar-refractivity contribution in [2.24, 2.45) is 0 Å². The van der Waals surface area contributed by atoms with Crippen LogP contribution in [0.5, 0.6) is 5.75 Å². The van der Waals surface area contributed by atoms with Crippen LogP contribution < -0.4 is 4.90 Å². The van der Waals surface area contributed by atoms with Gasteiger partial charge < -0.3 is 20.2 Å². The number of carbonyl (C=O) groups is 2. The number of anilines is 1. The number of phenolic OH excluding ortho intramolecular Hbond substituents is 1. The number of carboxylic acids is 2. The molecular weight excluding hydrogens is 250 g/mol. The first-order valence-corrected chi connectivity index (χ1v) is 4.95. The molecule has 0 amide bonds. The van der Waals surface area contributed by atoms with Crippen LogP contribution in [0, 0.1) is 0 Å². The van der Waals surface area contributed by atoms with Crippen molar-refractivity contribution < 1.29 is 24.9 Å². The Morgan fingerprint density at radius 1 is 1.18 bits per heavy atom. The molecule has 3 N–H and O–H groups in total. The van der Waals surface area contributed by atoms with E-state index in [0.29, 0.717) is 0 Å². The van der Waals surface area contributed by atoms with E-state index in [2.05, 4.69) is 0 Å². The van der Waals surface area contributed by atoms with Gasteiger partial charge in [-0.15, -0.1) is 0 Å². The number of nitrogens with zero attached hydrogens (tertiary/aromatic N) is 1. The predicted octanol–water partition coefficient (Wildman–Crippen LogP) is 1.02. The molecule has 0 aromatic heterocycles. The van der Waals surface area contributed by atoms with Crippen molar-refractivity contribution in [2.75, 3.05) is 18.0 Å². The molecule has 92 valence electrons. The highest BCUT2D eigenvalue weighted by atomic mass is 35.5. The van der Waals surface area contributed by atoms with Gasteiger partial charge in [0.1, 0.15) is 18.8 Å². The SMILES string of the molecule is O=C(O)CN(CC(=O)O)c1ccc(Cl)cc1O. The normalized spacial score (nSPS) is 9.94. The van der Waals surface area contributed by atoms with Crippen molar-refractivity contribution in [1.82, 2.24) is 0 Å². The lowest BCUT2D eigenvalue weighted by atomic mass is 10.2. The van der Waals surface area contributed by atoms with E-state index < -0.39 is 25.0 Å². The van der Waals surface area contributed by atoms with E-state index in [1.165, 1.54) is 18.2 Å². The molecule has 17 heavy (non-hydrogen) atoms. The van der Waals surface area contributed by atoms with Gasteiger partial charge in [-0.3, -0.25) is 9.59 Å². The topological polar surface area (TPSA) is 98.1 Å². The van der Waals surface area contributed by atoms with Gasteiger partial charge in [0.2, 0.25) is 0 Å². The average molecular weight is 260 g/mol. The first-order valence-electron chi connectivity index (χ1n) is 4.57. The Kier molecular flexibility index (Phi) is 4.17. The number of halogens is 1. The Bertz CT molecular complexity index is 432. The first kappa shape index (κ1) is 13.1. The summed E-state index contributed by atoms with van der Waals surface area (Å²) in [5.74, 6) is -2.65. The molecule has 0 saturated carbocycles. The fourth-order valence-corrected chi connectivity index (χ4v) is 1.48. The first-order chi connectivity index (χ1) is 7.90. The van der Waals surface area contributed by atoms with Gasteiger partial charge in [-0.25, -0.2) is 0 Å². The molecule has 0 saturated heterocycles. The van der Waals surface area contributed by atoms with Crippen LogP contribution in [-0.4, -0.2) is 40.3 Å². The maximum absolute atomic E-state index is 10.6. The zero-order chi connectivity index (χ0) is 13.0. The summed E-state index contributed by atoms with van der Waals surface area (Å²) in [7, 11) is 0. The summed E-state index contributed by atoms with van der Waals surface area (Å²) in [6.07, 6.45) is 0. The summed E-state index contributed by atoms with van der Waals surface area (Å²) in [4.78, 5) is 22.2. The molecule has 0 aliphatic rings. The number of phenols is 1. The number of benzene rings is 1. The minimum atomic E-state index is -1.19. The molecule has 0 aliphatic carbocycles. The van der Waals surface area contributed by atoms with Crippen LogP contribution in [0.2, 0.25) is 5.02 Å². The number of hydrogen-bond donors (Lipinski definition) is 3. The number of aromatic hydroxyl groups is 1. The van der Waals surface area contributed by atoms with Crippen molar-refractivity contribution in [3.05, 3.63) is 23.2 Å². The van der Waals surface area contributed by atoms with Gasteiger partial charge in [0, 0.05) is 11.1 Å². The third kappa shape index (κ3) is 3.84. The Morgan fingerprint density at radius 3 is 2.12 bits per heavy atom. The van der Waals surface area contributed by atoms with E-state index in [-0.39, 0.29) is 16.5 Å². The van der Waals surface area contributed by atoms with Crippen LogP contribution in [0.15, 0.2) is 18.2 Å². The van der Waals surface area contributed by atoms with Crippen LogP contribution >= 0.6 is 11.6 Å². The number of rotatable bonds is 5. The smallest absolute Gasteiger partial charge is 0.323 e. The highest BCUT2D eigenvalue weighted by Gasteiger charge is 2.17. The highest BCUT2D eigenvalue weighted by molar-refractivity contribution is 6.30. The molecule has 6 nitrogen and oxygen atoms in total. The van der Waals surface area contributed by atoms with Gasteiger partial charge >= 0.3 is 11.9 Å². The molecule has 0 spiro atoms. The second-order valence-corrected chi connectivity index (χ2v) is 3.71. The molecule has 0 unspecified atom stereocenters. The quantitative estimate of drug-likeness (QED) is 0.730. The van der Waals surface area contributed by atoms with Gasteiger partial charge in [0.15, 0.2) is 0 Å². The van der Waals surface area contributed by atoms with Gasteiger partial charge in [-0.1, -0.05) is 11.6 Å². The third-order valence-corrected chi connectivity index (χ3v) is 2.17. The Hall–Kier alpha value is -1.95. The lowest BCUT2D eigenvalue weighted by Gasteiger charge is -2.21. The van der Waals surface area contributed by atoms with E-state index in [9.17, 15) is 14.7 Å². The lowest BCUT2D eigenvalue weighted by Crippen LogP contribution is -2.34. The van der Waals surface area contributed by atoms with Crippen LogP contribution in [0.3, 0.4) is 0 Å². The van der Waals surface area contributed by atoms with Crippen molar-refractivity contribution in [3.63, 3.8) is 0 Å². The van der Waals surface area contributed by atoms with Crippen molar-refractivity contribution in [1.29, 1.82) is 0 Å². The summed E-state index contributed by atoms with van der Waals surface area (Å²) >= 11 is 5.62. The summed E-state index contributed by atoms with van der Waals surface area (Å²) in [5, 5.41) is 27.2. The fourth-order valence-electron chi connectivity index (χ4n) is 1.32. The summed E-state index contributed by atoms with van der Waals surface area (Å²) in [6.45, 7) is -1.05. The second kappa shape index (κ2) is 5.40. The van der Waals surface area contributed by atoms with Gasteiger partial charge in [0.25, 0.3) is 0 Å². The Balaban J connectivity index is 3.02. The molecule has 1 aromatic carbocycles. The van der Waals surface area contributed by atoms with E-state index >= 15 is 0 Å². The molecule has 0 aliphatic heterocycles. The fraction of sp³-hybridized carbons (Fsp3) is 0.200. The number of hydrogen-bond acceptors (Lipinski definition) is 4. The van der Waals surface area contributed by atoms with Crippen molar-refractivity contribution >= 4 is 29.2 Å². The molecule has 0 atom stereocenters. The summed E-state index contributed by atoms with van der Waals surface area (Å²) in [6, 6.07) is 4.02. The Morgan fingerprint density at radius 2 is 1.71 bits per heavy atom. The molecule has 0 fully saturated rings. The summed E-state index contributed by atoms with van der Waals surface area (Å²) < 4.78 is 0. The van der Waals surface area contributed by atoms with Crippen molar-refractivity contribution in [3.8, 4) is 5.75 Å². The molecule has 0 radical (unpaired) electrons. The lowest BCUT2D eigenvalue weighted by molar-refractivity contribution is -0.136. The monoisotopic (exact) mass is 259 g/mol. The predicted molar refractivity (Wildman–Crippen MR) is 60.6 cm³/mol. The number of carboxylic acid groups (broad SMARTS) is 2. The average Bonchev–Trinajstić information content (AvgIpc) is 2.14. The number of aliphatic carboxylic acids is 2. The van der Waals surface area contributed by atoms with Crippen LogP contribution in [0.25, 0.3) is 0 Å². The molecular formula is C10H10ClNO5. The molecule has 0 heterocycles. The van der Waals surface area contributed by atoms with E-state index in [0.717, 1.165) is 4.90 Å².